The van der Waals surface area contributed by atoms with Gasteiger partial charge in [0, 0.05) is 5.56 Å². The Hall–Kier alpha value is -1.29. The first kappa shape index (κ1) is 15.1. The zero-order valence-electron chi connectivity index (χ0n) is 12.1. The summed E-state index contributed by atoms with van der Waals surface area (Å²) in [6, 6.07) is 3.34. The number of ketones is 1. The number of benzene rings is 1. The van der Waals surface area contributed by atoms with Gasteiger partial charge >= 0.3 is 0 Å². The monoisotopic (exact) mass is 281 g/mol. The molecule has 0 N–H and O–H groups in total. The van der Waals surface area contributed by atoms with Crippen LogP contribution in [0, 0.1) is 17.0 Å². The third kappa shape index (κ3) is 3.85. The summed E-state index contributed by atoms with van der Waals surface area (Å²) in [5.41, 5.74) is 0.562. The first-order valence-corrected chi connectivity index (χ1v) is 7.08. The summed E-state index contributed by atoms with van der Waals surface area (Å²) in [6.07, 6.45) is 3.28. The molecule has 0 saturated carbocycles. The van der Waals surface area contributed by atoms with E-state index in [0.717, 1.165) is 44.5 Å². The van der Waals surface area contributed by atoms with Gasteiger partial charge in [-0.1, -0.05) is 13.8 Å². The Morgan fingerprint density at radius 3 is 2.65 bits per heavy atom. The van der Waals surface area contributed by atoms with Crippen LogP contribution < -0.4 is 0 Å². The van der Waals surface area contributed by atoms with Crippen molar-refractivity contribution in [3.63, 3.8) is 0 Å². The van der Waals surface area contributed by atoms with Crippen molar-refractivity contribution < 1.29 is 13.6 Å². The zero-order chi connectivity index (χ0) is 14.8. The summed E-state index contributed by atoms with van der Waals surface area (Å²) in [6.45, 7) is 6.53. The summed E-state index contributed by atoms with van der Waals surface area (Å²) in [7, 11) is 0. The maximum absolute atomic E-state index is 13.1. The van der Waals surface area contributed by atoms with Crippen LogP contribution in [-0.2, 0) is 0 Å². The molecule has 1 aliphatic heterocycles. The van der Waals surface area contributed by atoms with Crippen molar-refractivity contribution in [3.05, 3.63) is 35.4 Å². The molecule has 0 aliphatic carbocycles. The van der Waals surface area contributed by atoms with E-state index in [2.05, 4.69) is 18.7 Å². The molecule has 1 aliphatic rings. The quantitative estimate of drug-likeness (QED) is 0.788. The van der Waals surface area contributed by atoms with E-state index in [1.165, 1.54) is 6.07 Å². The Bertz CT molecular complexity index is 499. The number of Topliss-reactive ketones (excluding diaryl/α,β-unsaturated/α-hetero) is 1. The molecule has 2 rings (SSSR count). The average Bonchev–Trinajstić information content (AvgIpc) is 2.54. The van der Waals surface area contributed by atoms with Crippen molar-refractivity contribution in [2.24, 2.45) is 5.41 Å². The smallest absolute Gasteiger partial charge is 0.176 e. The lowest BCUT2D eigenvalue weighted by Crippen LogP contribution is -2.31. The van der Waals surface area contributed by atoms with Crippen LogP contribution >= 0.6 is 0 Å². The van der Waals surface area contributed by atoms with E-state index in [9.17, 15) is 13.6 Å². The van der Waals surface area contributed by atoms with Crippen molar-refractivity contribution in [1.82, 2.24) is 4.90 Å². The molecule has 1 fully saturated rings. The topological polar surface area (TPSA) is 20.3 Å². The number of carbonyl (C=O) groups is 1. The molecule has 0 atom stereocenters. The minimum absolute atomic E-state index is 0.149. The Balaban J connectivity index is 1.99. The fourth-order valence-corrected chi connectivity index (χ4v) is 2.60. The van der Waals surface area contributed by atoms with E-state index >= 15 is 0 Å². The molecule has 0 aromatic heterocycles. The molecule has 20 heavy (non-hydrogen) atoms. The van der Waals surface area contributed by atoms with Crippen molar-refractivity contribution in [2.45, 2.75) is 33.1 Å². The highest BCUT2D eigenvalue weighted by Crippen LogP contribution is 2.29. The van der Waals surface area contributed by atoms with Crippen LogP contribution in [0.3, 0.4) is 0 Å². The number of carbonyl (C=O) groups excluding carboxylic acids is 1. The van der Waals surface area contributed by atoms with Gasteiger partial charge in [0.1, 0.15) is 0 Å². The zero-order valence-corrected chi connectivity index (χ0v) is 12.1. The van der Waals surface area contributed by atoms with E-state index in [-0.39, 0.29) is 17.9 Å². The second kappa shape index (κ2) is 6.00. The van der Waals surface area contributed by atoms with Gasteiger partial charge in [0.2, 0.25) is 0 Å². The minimum atomic E-state index is -0.965. The van der Waals surface area contributed by atoms with E-state index in [1.807, 2.05) is 0 Å². The van der Waals surface area contributed by atoms with E-state index in [4.69, 9.17) is 0 Å². The van der Waals surface area contributed by atoms with Crippen LogP contribution in [0.15, 0.2) is 18.2 Å². The Kier molecular flexibility index (Phi) is 4.53. The molecule has 110 valence electrons. The first-order valence-electron chi connectivity index (χ1n) is 7.08. The van der Waals surface area contributed by atoms with Crippen molar-refractivity contribution >= 4 is 5.78 Å². The summed E-state index contributed by atoms with van der Waals surface area (Å²) in [5, 5.41) is 0. The second-order valence-electron chi connectivity index (χ2n) is 6.35. The number of likely N-dealkylation sites (tertiary alicyclic amines) is 1. The predicted molar refractivity (Wildman–Crippen MR) is 74.8 cm³/mol. The molecule has 0 spiro atoms. The molecule has 0 unspecified atom stereocenters. The molecule has 1 aromatic carbocycles. The Morgan fingerprint density at radius 1 is 1.20 bits per heavy atom. The highest BCUT2D eigenvalue weighted by molar-refractivity contribution is 5.97. The van der Waals surface area contributed by atoms with Crippen LogP contribution in [0.4, 0.5) is 8.78 Å². The number of rotatable bonds is 3. The molecule has 1 aromatic rings. The molecular formula is C16H21F2NO. The highest BCUT2D eigenvalue weighted by Gasteiger charge is 2.24. The summed E-state index contributed by atoms with van der Waals surface area (Å²) < 4.78 is 26.0. The lowest BCUT2D eigenvalue weighted by atomic mass is 9.85. The molecule has 0 amide bonds. The largest absolute Gasteiger partial charge is 0.296 e. The molecule has 2 nitrogen and oxygen atoms in total. The van der Waals surface area contributed by atoms with Crippen LogP contribution in [0.25, 0.3) is 0 Å². The predicted octanol–water partition coefficient (Wildman–Crippen LogP) is 3.66. The standard InChI is InChI=1S/C16H21F2NO/c1-16(2)6-3-8-19(9-7-16)11-15(20)12-4-5-13(17)14(18)10-12/h4-5,10H,3,6-9,11H2,1-2H3. The minimum Gasteiger partial charge on any atom is -0.296 e. The third-order valence-electron chi connectivity index (χ3n) is 4.04. The van der Waals surface area contributed by atoms with Gasteiger partial charge < -0.3 is 0 Å². The van der Waals surface area contributed by atoms with Gasteiger partial charge in [-0.15, -0.1) is 0 Å². The molecular weight excluding hydrogens is 260 g/mol. The number of hydrogen-bond donors (Lipinski definition) is 0. The van der Waals surface area contributed by atoms with Gasteiger partial charge in [-0.25, -0.2) is 8.78 Å². The lowest BCUT2D eigenvalue weighted by Gasteiger charge is -2.22. The maximum atomic E-state index is 13.1. The fourth-order valence-electron chi connectivity index (χ4n) is 2.60. The summed E-state index contributed by atoms with van der Waals surface area (Å²) >= 11 is 0. The summed E-state index contributed by atoms with van der Waals surface area (Å²) in [4.78, 5) is 14.2. The van der Waals surface area contributed by atoms with Gasteiger partial charge in [-0.2, -0.15) is 0 Å². The Morgan fingerprint density at radius 2 is 1.95 bits per heavy atom. The van der Waals surface area contributed by atoms with Crippen LogP contribution in [-0.4, -0.2) is 30.3 Å². The number of halogens is 2. The molecule has 0 bridgehead atoms. The van der Waals surface area contributed by atoms with E-state index < -0.39 is 11.6 Å². The van der Waals surface area contributed by atoms with E-state index in [0.29, 0.717) is 5.41 Å². The normalized spacial score (nSPS) is 19.6. The second-order valence-corrected chi connectivity index (χ2v) is 6.35. The highest BCUT2D eigenvalue weighted by atomic mass is 19.2. The SMILES string of the molecule is CC1(C)CCCN(CC(=O)c2ccc(F)c(F)c2)CC1. The molecule has 4 heteroatoms. The fraction of sp³-hybridized carbons (Fsp3) is 0.562. The first-order chi connectivity index (χ1) is 9.37. The third-order valence-corrected chi connectivity index (χ3v) is 4.04. The average molecular weight is 281 g/mol. The van der Waals surface area contributed by atoms with Crippen LogP contribution in [0.2, 0.25) is 0 Å². The number of hydrogen-bond acceptors (Lipinski definition) is 2. The van der Waals surface area contributed by atoms with Crippen molar-refractivity contribution in [1.29, 1.82) is 0 Å². The van der Waals surface area contributed by atoms with E-state index in [1.54, 1.807) is 0 Å². The van der Waals surface area contributed by atoms with Gasteiger partial charge in [0.25, 0.3) is 0 Å². The van der Waals surface area contributed by atoms with Crippen molar-refractivity contribution in [3.8, 4) is 0 Å². The van der Waals surface area contributed by atoms with Gasteiger partial charge in [-0.3, -0.25) is 9.69 Å². The lowest BCUT2D eigenvalue weighted by molar-refractivity contribution is 0.0930. The summed E-state index contributed by atoms with van der Waals surface area (Å²) in [5.74, 6) is -2.03. The number of nitrogens with zero attached hydrogens (tertiary/aromatic N) is 1. The molecule has 1 heterocycles. The van der Waals surface area contributed by atoms with Crippen LogP contribution in [0.5, 0.6) is 0 Å². The van der Waals surface area contributed by atoms with Gasteiger partial charge in [0.05, 0.1) is 6.54 Å². The Labute approximate surface area is 118 Å². The maximum Gasteiger partial charge on any atom is 0.176 e. The van der Waals surface area contributed by atoms with Crippen molar-refractivity contribution in [2.75, 3.05) is 19.6 Å². The van der Waals surface area contributed by atoms with Gasteiger partial charge in [-0.05, 0) is 56.0 Å². The van der Waals surface area contributed by atoms with Gasteiger partial charge in [0.15, 0.2) is 17.4 Å². The molecule has 0 radical (unpaired) electrons. The molecule has 1 saturated heterocycles. The van der Waals surface area contributed by atoms with Crippen LogP contribution in [0.1, 0.15) is 43.5 Å².